The Balaban J connectivity index is 2.36. The summed E-state index contributed by atoms with van der Waals surface area (Å²) in [7, 11) is -3.74. The maximum absolute atomic E-state index is 11.6. The number of sulfonamides is 1. The van der Waals surface area contributed by atoms with E-state index in [1.54, 1.807) is 6.92 Å². The molecule has 1 saturated heterocycles. The van der Waals surface area contributed by atoms with Gasteiger partial charge in [0.25, 0.3) is 0 Å². The summed E-state index contributed by atoms with van der Waals surface area (Å²) in [5.74, 6) is 0.679. The number of benzene rings is 1. The van der Waals surface area contributed by atoms with Crippen LogP contribution in [0.5, 0.6) is 0 Å². The second-order valence-corrected chi connectivity index (χ2v) is 7.13. The van der Waals surface area contributed by atoms with E-state index in [9.17, 15) is 8.42 Å². The number of primary sulfonamides is 1. The number of nitrogens with two attached hydrogens (primary N) is 2. The molecule has 2 rings (SSSR count). The molecule has 0 saturated carbocycles. The van der Waals surface area contributed by atoms with Gasteiger partial charge in [-0.15, -0.1) is 0 Å². The van der Waals surface area contributed by atoms with Crippen LogP contribution in [0.15, 0.2) is 17.0 Å². The number of nitrogens with zero attached hydrogens (tertiary/aromatic N) is 1. The molecular weight excluding hydrogens is 274 g/mol. The SMILES string of the molecule is CCCC1CCN(c2cc(N)cc(S(N)(=O)=O)c2C)C1. The molecule has 1 heterocycles. The van der Waals surface area contributed by atoms with Crippen LogP contribution in [0, 0.1) is 12.8 Å². The highest BCUT2D eigenvalue weighted by Crippen LogP contribution is 2.33. The minimum Gasteiger partial charge on any atom is -0.399 e. The summed E-state index contributed by atoms with van der Waals surface area (Å²) >= 11 is 0. The largest absolute Gasteiger partial charge is 0.399 e. The van der Waals surface area contributed by atoms with Crippen LogP contribution >= 0.6 is 0 Å². The van der Waals surface area contributed by atoms with Crippen LogP contribution in [0.25, 0.3) is 0 Å². The van der Waals surface area contributed by atoms with Crippen molar-refractivity contribution in [3.8, 4) is 0 Å². The smallest absolute Gasteiger partial charge is 0.238 e. The Labute approximate surface area is 121 Å². The van der Waals surface area contributed by atoms with Crippen molar-refractivity contribution in [3.63, 3.8) is 0 Å². The van der Waals surface area contributed by atoms with Crippen LogP contribution in [-0.4, -0.2) is 21.5 Å². The average molecular weight is 297 g/mol. The van der Waals surface area contributed by atoms with Gasteiger partial charge in [-0.05, 0) is 43.4 Å². The first-order chi connectivity index (χ1) is 9.32. The number of hydrogen-bond acceptors (Lipinski definition) is 4. The number of hydrogen-bond donors (Lipinski definition) is 2. The van der Waals surface area contributed by atoms with Crippen molar-refractivity contribution < 1.29 is 8.42 Å². The van der Waals surface area contributed by atoms with Crippen molar-refractivity contribution in [2.45, 2.75) is 38.0 Å². The predicted molar refractivity (Wildman–Crippen MR) is 82.2 cm³/mol. The Morgan fingerprint density at radius 3 is 2.70 bits per heavy atom. The second kappa shape index (κ2) is 5.61. The molecule has 0 aliphatic carbocycles. The van der Waals surface area contributed by atoms with E-state index in [1.807, 2.05) is 6.07 Å². The van der Waals surface area contributed by atoms with E-state index in [-0.39, 0.29) is 4.90 Å². The molecule has 1 fully saturated rings. The summed E-state index contributed by atoms with van der Waals surface area (Å²) in [6.07, 6.45) is 3.53. The summed E-state index contributed by atoms with van der Waals surface area (Å²) in [5, 5.41) is 5.27. The van der Waals surface area contributed by atoms with Gasteiger partial charge in [0.15, 0.2) is 0 Å². The first-order valence-corrected chi connectivity index (χ1v) is 8.55. The van der Waals surface area contributed by atoms with Crippen LogP contribution < -0.4 is 15.8 Å². The van der Waals surface area contributed by atoms with Crippen LogP contribution in [0.1, 0.15) is 31.7 Å². The fraction of sp³-hybridized carbons (Fsp3) is 0.571. The maximum Gasteiger partial charge on any atom is 0.238 e. The summed E-state index contributed by atoms with van der Waals surface area (Å²) in [4.78, 5) is 2.35. The quantitative estimate of drug-likeness (QED) is 0.830. The van der Waals surface area contributed by atoms with Gasteiger partial charge in [-0.3, -0.25) is 0 Å². The summed E-state index contributed by atoms with van der Waals surface area (Å²) < 4.78 is 23.3. The first-order valence-electron chi connectivity index (χ1n) is 7.00. The predicted octanol–water partition coefficient (Wildman–Crippen LogP) is 1.85. The fourth-order valence-corrected chi connectivity index (χ4v) is 3.84. The van der Waals surface area contributed by atoms with Gasteiger partial charge in [0.05, 0.1) is 4.90 Å². The highest BCUT2D eigenvalue weighted by atomic mass is 32.2. The van der Waals surface area contributed by atoms with Gasteiger partial charge in [0.2, 0.25) is 10.0 Å². The van der Waals surface area contributed by atoms with Gasteiger partial charge >= 0.3 is 0 Å². The van der Waals surface area contributed by atoms with Crippen molar-refractivity contribution in [2.75, 3.05) is 23.7 Å². The molecule has 1 aromatic rings. The first kappa shape index (κ1) is 15.1. The molecule has 1 aliphatic rings. The molecule has 0 bridgehead atoms. The van der Waals surface area contributed by atoms with E-state index < -0.39 is 10.0 Å². The van der Waals surface area contributed by atoms with Gasteiger partial charge in [0.1, 0.15) is 0 Å². The third kappa shape index (κ3) is 3.07. The van der Waals surface area contributed by atoms with E-state index >= 15 is 0 Å². The Morgan fingerprint density at radius 1 is 1.40 bits per heavy atom. The highest BCUT2D eigenvalue weighted by molar-refractivity contribution is 7.89. The molecule has 1 unspecified atom stereocenters. The molecule has 1 atom stereocenters. The minimum absolute atomic E-state index is 0.131. The molecule has 112 valence electrons. The molecule has 0 spiro atoms. The molecule has 1 aliphatic heterocycles. The Bertz CT molecular complexity index is 599. The Morgan fingerprint density at radius 2 is 2.10 bits per heavy atom. The number of nitrogen functional groups attached to an aromatic ring is 1. The van der Waals surface area contributed by atoms with E-state index in [0.717, 1.165) is 25.2 Å². The van der Waals surface area contributed by atoms with E-state index in [4.69, 9.17) is 10.9 Å². The zero-order valence-electron chi connectivity index (χ0n) is 12.1. The molecule has 0 radical (unpaired) electrons. The zero-order valence-corrected chi connectivity index (χ0v) is 12.9. The summed E-state index contributed by atoms with van der Waals surface area (Å²) in [5.41, 5.74) is 7.87. The highest BCUT2D eigenvalue weighted by Gasteiger charge is 2.25. The lowest BCUT2D eigenvalue weighted by atomic mass is 10.0. The topological polar surface area (TPSA) is 89.4 Å². The molecule has 0 amide bonds. The minimum atomic E-state index is -3.74. The van der Waals surface area contributed by atoms with E-state index in [2.05, 4.69) is 11.8 Å². The van der Waals surface area contributed by atoms with Crippen molar-refractivity contribution >= 4 is 21.4 Å². The molecule has 20 heavy (non-hydrogen) atoms. The number of anilines is 2. The van der Waals surface area contributed by atoms with Gasteiger partial charge < -0.3 is 10.6 Å². The summed E-state index contributed by atoms with van der Waals surface area (Å²) in [6, 6.07) is 3.28. The summed E-state index contributed by atoms with van der Waals surface area (Å²) in [6.45, 7) is 5.89. The third-order valence-corrected chi connectivity index (χ3v) is 5.02. The molecule has 1 aromatic carbocycles. The monoisotopic (exact) mass is 297 g/mol. The third-order valence-electron chi connectivity index (χ3n) is 3.98. The zero-order chi connectivity index (χ0) is 14.9. The number of rotatable bonds is 4. The molecule has 6 heteroatoms. The van der Waals surface area contributed by atoms with Crippen molar-refractivity contribution in [1.29, 1.82) is 0 Å². The lowest BCUT2D eigenvalue weighted by Gasteiger charge is -2.23. The van der Waals surface area contributed by atoms with Crippen molar-refractivity contribution in [3.05, 3.63) is 17.7 Å². The Hall–Kier alpha value is -1.27. The van der Waals surface area contributed by atoms with Gasteiger partial charge in [0, 0.05) is 24.5 Å². The van der Waals surface area contributed by atoms with Gasteiger partial charge in [-0.2, -0.15) is 0 Å². The van der Waals surface area contributed by atoms with Crippen molar-refractivity contribution in [1.82, 2.24) is 0 Å². The van der Waals surface area contributed by atoms with Gasteiger partial charge in [-0.25, -0.2) is 13.6 Å². The average Bonchev–Trinajstić information content (AvgIpc) is 2.79. The fourth-order valence-electron chi connectivity index (χ4n) is 3.01. The van der Waals surface area contributed by atoms with Crippen LogP contribution in [0.2, 0.25) is 0 Å². The van der Waals surface area contributed by atoms with Crippen LogP contribution in [0.4, 0.5) is 11.4 Å². The normalized spacial score (nSPS) is 19.6. The van der Waals surface area contributed by atoms with Gasteiger partial charge in [-0.1, -0.05) is 13.3 Å². The Kier molecular flexibility index (Phi) is 4.25. The van der Waals surface area contributed by atoms with Crippen molar-refractivity contribution in [2.24, 2.45) is 11.1 Å². The lowest BCUT2D eigenvalue weighted by molar-refractivity contribution is 0.530. The standard InChI is InChI=1S/C14H23N3O2S/c1-3-4-11-5-6-17(9-11)13-7-12(15)8-14(10(13)2)20(16,18)19/h7-8,11H,3-6,9,15H2,1-2H3,(H2,16,18,19). The molecule has 0 aromatic heterocycles. The second-order valence-electron chi connectivity index (χ2n) is 5.60. The maximum atomic E-state index is 11.6. The van der Waals surface area contributed by atoms with Crippen LogP contribution in [-0.2, 0) is 10.0 Å². The molecular formula is C14H23N3O2S. The lowest BCUT2D eigenvalue weighted by Crippen LogP contribution is -2.23. The van der Waals surface area contributed by atoms with E-state index in [0.29, 0.717) is 17.2 Å². The molecule has 5 nitrogen and oxygen atoms in total. The van der Waals surface area contributed by atoms with Crippen LogP contribution in [0.3, 0.4) is 0 Å². The molecule has 4 N–H and O–H groups in total. The van der Waals surface area contributed by atoms with E-state index in [1.165, 1.54) is 18.9 Å².